The molecule has 42 heavy (non-hydrogen) atoms. The van der Waals surface area contributed by atoms with E-state index in [-0.39, 0.29) is 22.6 Å². The molecule has 2 heterocycles. The smallest absolute Gasteiger partial charge is 0.347 e. The number of ketones is 1. The van der Waals surface area contributed by atoms with Crippen LogP contribution in [0.3, 0.4) is 0 Å². The molecule has 0 bridgehead atoms. The number of hydrogen-bond acceptors (Lipinski definition) is 6. The van der Waals surface area contributed by atoms with Crippen molar-refractivity contribution in [2.24, 2.45) is 5.41 Å². The number of esters is 1. The van der Waals surface area contributed by atoms with Crippen LogP contribution in [0.15, 0.2) is 65.4 Å². The Morgan fingerprint density at radius 3 is 2.43 bits per heavy atom. The van der Waals surface area contributed by atoms with Crippen molar-refractivity contribution in [3.05, 3.63) is 71.0 Å². The molecule has 1 aromatic rings. The van der Waals surface area contributed by atoms with E-state index in [4.69, 9.17) is 9.84 Å². The lowest BCUT2D eigenvalue weighted by Crippen LogP contribution is -2.27. The molecule has 4 rings (SSSR count). The highest BCUT2D eigenvalue weighted by atomic mass is 32.2. The lowest BCUT2D eigenvalue weighted by Gasteiger charge is -2.24. The molecule has 0 atom stereocenters. The summed E-state index contributed by atoms with van der Waals surface area (Å²) in [5, 5.41) is 8.96. The van der Waals surface area contributed by atoms with Gasteiger partial charge in [0.15, 0.2) is 5.70 Å². The number of carboxylic acid groups (broad SMARTS) is 1. The minimum Gasteiger partial charge on any atom is -0.481 e. The molecule has 10 nitrogen and oxygen atoms in total. The third-order valence-electron chi connectivity index (χ3n) is 7.86. The minimum atomic E-state index is -4.19. The van der Waals surface area contributed by atoms with E-state index >= 15 is 0 Å². The Balaban J connectivity index is 1.73. The Hall–Kier alpha value is -3.80. The summed E-state index contributed by atoms with van der Waals surface area (Å²) in [6.07, 6.45) is 9.62. The maximum atomic E-state index is 13.4. The van der Waals surface area contributed by atoms with Gasteiger partial charge in [0.1, 0.15) is 17.9 Å². The number of anilines is 1. The number of carboxylic acids is 1. The summed E-state index contributed by atoms with van der Waals surface area (Å²) in [5.74, 6) is -1.83. The molecule has 3 N–H and O–H groups in total. The maximum absolute atomic E-state index is 13.4. The van der Waals surface area contributed by atoms with Crippen molar-refractivity contribution in [2.75, 3.05) is 24.5 Å². The van der Waals surface area contributed by atoms with Gasteiger partial charge in [-0.15, -0.1) is 0 Å². The second-order valence-corrected chi connectivity index (χ2v) is 12.3. The number of carbonyl (C=O) groups is 3. The third kappa shape index (κ3) is 6.18. The molecule has 1 aromatic carbocycles. The van der Waals surface area contributed by atoms with Crippen LogP contribution >= 0.6 is 0 Å². The summed E-state index contributed by atoms with van der Waals surface area (Å²) in [6.45, 7) is 9.89. The van der Waals surface area contributed by atoms with Crippen LogP contribution in [-0.2, 0) is 19.7 Å². The zero-order valence-electron chi connectivity index (χ0n) is 24.3. The molecule has 0 radical (unpaired) electrons. The molecule has 0 fully saturated rings. The molecule has 0 saturated carbocycles. The van der Waals surface area contributed by atoms with Crippen molar-refractivity contribution in [1.29, 1.82) is 0 Å². The van der Waals surface area contributed by atoms with E-state index in [1.54, 1.807) is 24.3 Å². The van der Waals surface area contributed by atoms with E-state index in [0.29, 0.717) is 36.9 Å². The Morgan fingerprint density at radius 2 is 1.79 bits per heavy atom. The van der Waals surface area contributed by atoms with Gasteiger partial charge in [-0.2, -0.15) is 4.58 Å². The third-order valence-corrected chi connectivity index (χ3v) is 8.72. The highest BCUT2D eigenvalue weighted by Crippen LogP contribution is 2.43. The predicted octanol–water partition coefficient (Wildman–Crippen LogP) is 4.48. The molecule has 1 aliphatic carbocycles. The lowest BCUT2D eigenvalue weighted by atomic mass is 9.79. The second kappa shape index (κ2) is 12.2. The SMILES string of the molecule is CCN(CC)c1ccc2c(c1)OC(=O)/C(=C/C=C1\[N+](CCCCCC(=O)O)=C3C=CC(=S(=O)(O)O)C=C3C1(C)C)C2=O. The number of unbranched alkanes of at least 4 members (excludes halogenated alkanes) is 2. The first-order chi connectivity index (χ1) is 19.8. The molecule has 0 aromatic heterocycles. The van der Waals surface area contributed by atoms with Crippen LogP contribution in [0.5, 0.6) is 5.75 Å². The summed E-state index contributed by atoms with van der Waals surface area (Å²) in [6, 6.07) is 5.20. The Morgan fingerprint density at radius 1 is 1.07 bits per heavy atom. The molecule has 0 saturated heterocycles. The van der Waals surface area contributed by atoms with E-state index in [1.165, 1.54) is 18.2 Å². The van der Waals surface area contributed by atoms with Gasteiger partial charge in [-0.1, -0.05) is 0 Å². The number of rotatable bonds is 10. The first-order valence-corrected chi connectivity index (χ1v) is 15.5. The van der Waals surface area contributed by atoms with Crippen molar-refractivity contribution >= 4 is 44.1 Å². The van der Waals surface area contributed by atoms with Crippen LogP contribution in [0.2, 0.25) is 0 Å². The summed E-state index contributed by atoms with van der Waals surface area (Å²) < 4.78 is 39.1. The highest BCUT2D eigenvalue weighted by Gasteiger charge is 2.48. The van der Waals surface area contributed by atoms with E-state index < -0.39 is 33.2 Å². The summed E-state index contributed by atoms with van der Waals surface area (Å²) in [7, 11) is -4.19. The van der Waals surface area contributed by atoms with Gasteiger partial charge in [0.25, 0.3) is 0 Å². The number of hydrogen-bond donors (Lipinski definition) is 3. The molecule has 0 amide bonds. The quantitative estimate of drug-likeness (QED) is 0.0676. The van der Waals surface area contributed by atoms with Crippen LogP contribution in [0.4, 0.5) is 5.69 Å². The van der Waals surface area contributed by atoms with Gasteiger partial charge in [0.05, 0.1) is 15.8 Å². The number of nitrogens with zero attached hydrogens (tertiary/aromatic N) is 2. The van der Waals surface area contributed by atoms with Crippen LogP contribution in [0, 0.1) is 5.41 Å². The van der Waals surface area contributed by atoms with Gasteiger partial charge in [0.2, 0.25) is 21.6 Å². The molecule has 2 aliphatic heterocycles. The fourth-order valence-corrected chi connectivity index (χ4v) is 6.07. The fraction of sp³-hybridized carbons (Fsp3) is 0.387. The van der Waals surface area contributed by atoms with E-state index in [9.17, 15) is 27.7 Å². The topological polar surface area (TPSA) is 144 Å². The number of allylic oxidation sites excluding steroid dienone is 6. The van der Waals surface area contributed by atoms with Crippen LogP contribution < -0.4 is 9.64 Å². The second-order valence-electron chi connectivity index (χ2n) is 10.9. The predicted molar refractivity (Wildman–Crippen MR) is 162 cm³/mol. The van der Waals surface area contributed by atoms with Gasteiger partial charge in [0, 0.05) is 55.4 Å². The first-order valence-electron chi connectivity index (χ1n) is 14.0. The molecule has 0 spiro atoms. The van der Waals surface area contributed by atoms with Gasteiger partial charge >= 0.3 is 11.9 Å². The Kier molecular flexibility index (Phi) is 9.05. The molecular formula is C31H37N2O8S+. The normalized spacial score (nSPS) is 19.7. The number of fused-ring (bicyclic) bond motifs is 2. The summed E-state index contributed by atoms with van der Waals surface area (Å²) in [4.78, 5) is 39.3. The average Bonchev–Trinajstić information content (AvgIpc) is 3.13. The molecule has 11 heteroatoms. The highest BCUT2D eigenvalue weighted by molar-refractivity contribution is 7.92. The number of carbonyl (C=O) groups excluding carboxylic acids is 2. The van der Waals surface area contributed by atoms with Crippen molar-refractivity contribution < 1.29 is 42.1 Å². The minimum absolute atomic E-state index is 0.0731. The van der Waals surface area contributed by atoms with Gasteiger partial charge < -0.3 is 14.7 Å². The molecule has 0 unspecified atom stereocenters. The van der Waals surface area contributed by atoms with Crippen LogP contribution in [0.1, 0.15) is 63.7 Å². The zero-order valence-corrected chi connectivity index (χ0v) is 25.1. The molecule has 224 valence electrons. The van der Waals surface area contributed by atoms with Crippen LogP contribution in [-0.4, -0.2) is 70.9 Å². The molecule has 3 aliphatic rings. The Bertz CT molecular complexity index is 1600. The number of ether oxygens (including phenoxy) is 1. The number of aliphatic carboxylic acids is 1. The van der Waals surface area contributed by atoms with Gasteiger partial charge in [-0.05, 0) is 70.9 Å². The fourth-order valence-electron chi connectivity index (χ4n) is 5.55. The van der Waals surface area contributed by atoms with Crippen molar-refractivity contribution in [3.63, 3.8) is 0 Å². The van der Waals surface area contributed by atoms with Gasteiger partial charge in [-0.25, -0.2) is 9.00 Å². The Labute approximate surface area is 246 Å². The standard InChI is InChI=1S/C31H36N2O8S/c1-5-32(6-2)20-11-13-22-26(18-20)41-30(37)23(29(22)36)14-16-27-31(3,4)24-19-21(42(38,39)40)12-15-25(24)33(27)17-9-7-8-10-28(34)35/h11-16,18-19H,5-10,17H2,1-4H3,(H2,34,35,38,39,40)/p+1/b23-14+,27-16-. The summed E-state index contributed by atoms with van der Waals surface area (Å²) >= 11 is 0. The van der Waals surface area contributed by atoms with Crippen molar-refractivity contribution in [1.82, 2.24) is 0 Å². The van der Waals surface area contributed by atoms with E-state index in [2.05, 4.69) is 4.90 Å². The zero-order chi connectivity index (χ0) is 30.8. The number of Topliss-reactive ketones (excluding diaryl/α,β-unsaturated/α-hetero) is 1. The lowest BCUT2D eigenvalue weighted by molar-refractivity contribution is -0.479. The largest absolute Gasteiger partial charge is 0.481 e. The average molecular weight is 598 g/mol. The van der Waals surface area contributed by atoms with Crippen molar-refractivity contribution in [3.8, 4) is 5.75 Å². The maximum Gasteiger partial charge on any atom is 0.347 e. The monoisotopic (exact) mass is 597 g/mol. The van der Waals surface area contributed by atoms with Gasteiger partial charge in [-0.3, -0.25) is 18.7 Å². The van der Waals surface area contributed by atoms with E-state index in [1.807, 2.05) is 38.3 Å². The number of benzene rings is 1. The van der Waals surface area contributed by atoms with E-state index in [0.717, 1.165) is 30.2 Å². The van der Waals surface area contributed by atoms with Crippen LogP contribution in [0.25, 0.3) is 0 Å². The molecular weight excluding hydrogens is 560 g/mol. The first kappa shape index (κ1) is 31.1. The summed E-state index contributed by atoms with van der Waals surface area (Å²) in [5.41, 5.74) is 2.48. The van der Waals surface area contributed by atoms with Crippen molar-refractivity contribution in [2.45, 2.75) is 53.4 Å².